The Labute approximate surface area is 95.0 Å². The standard InChI is InChI=1S/C11H14Cl2O/c1-2-3-7-14-11-9(8-12)5-4-6-10(11)13/h4-6H,2-3,7-8H2,1H3. The van der Waals surface area contributed by atoms with E-state index >= 15 is 0 Å². The van der Waals surface area contributed by atoms with Crippen LogP contribution in [-0.2, 0) is 5.88 Å². The molecule has 1 rings (SSSR count). The van der Waals surface area contributed by atoms with Crippen molar-refractivity contribution in [3.8, 4) is 5.75 Å². The first-order valence-corrected chi connectivity index (χ1v) is 5.67. The SMILES string of the molecule is CCCCOc1c(Cl)cccc1CCl. The van der Waals surface area contributed by atoms with Crippen LogP contribution in [0.5, 0.6) is 5.75 Å². The van der Waals surface area contributed by atoms with Crippen LogP contribution in [0, 0.1) is 0 Å². The topological polar surface area (TPSA) is 9.23 Å². The minimum Gasteiger partial charge on any atom is -0.492 e. The van der Waals surface area contributed by atoms with E-state index in [-0.39, 0.29) is 0 Å². The Hall–Kier alpha value is -0.400. The molecule has 1 aromatic carbocycles. The summed E-state index contributed by atoms with van der Waals surface area (Å²) in [5.74, 6) is 1.17. The minimum absolute atomic E-state index is 0.433. The summed E-state index contributed by atoms with van der Waals surface area (Å²) in [4.78, 5) is 0. The van der Waals surface area contributed by atoms with Crippen molar-refractivity contribution in [2.24, 2.45) is 0 Å². The molecule has 1 aromatic rings. The first kappa shape index (κ1) is 11.7. The van der Waals surface area contributed by atoms with Crippen LogP contribution in [0.15, 0.2) is 18.2 Å². The maximum atomic E-state index is 6.00. The number of halogens is 2. The minimum atomic E-state index is 0.433. The molecule has 1 nitrogen and oxygen atoms in total. The maximum absolute atomic E-state index is 6.00. The second-order valence-electron chi connectivity index (χ2n) is 3.06. The summed E-state index contributed by atoms with van der Waals surface area (Å²) in [6.07, 6.45) is 2.15. The van der Waals surface area contributed by atoms with Gasteiger partial charge in [0.15, 0.2) is 0 Å². The van der Waals surface area contributed by atoms with E-state index < -0.39 is 0 Å². The zero-order valence-corrected chi connectivity index (χ0v) is 9.74. The van der Waals surface area contributed by atoms with Gasteiger partial charge in [-0.2, -0.15) is 0 Å². The molecular formula is C11H14Cl2O. The summed E-state index contributed by atoms with van der Waals surface area (Å²) >= 11 is 11.8. The molecule has 0 saturated heterocycles. The molecule has 0 heterocycles. The van der Waals surface area contributed by atoms with Gasteiger partial charge >= 0.3 is 0 Å². The van der Waals surface area contributed by atoms with Crippen LogP contribution in [0.4, 0.5) is 0 Å². The van der Waals surface area contributed by atoms with Crippen LogP contribution >= 0.6 is 23.2 Å². The molecule has 3 heteroatoms. The van der Waals surface area contributed by atoms with E-state index in [1.54, 1.807) is 0 Å². The first-order chi connectivity index (χ1) is 6.79. The summed E-state index contributed by atoms with van der Waals surface area (Å²) in [6.45, 7) is 2.82. The Balaban J connectivity index is 2.72. The summed E-state index contributed by atoms with van der Waals surface area (Å²) in [5, 5.41) is 0.638. The van der Waals surface area contributed by atoms with Gasteiger partial charge in [0.2, 0.25) is 0 Å². The van der Waals surface area contributed by atoms with Crippen LogP contribution < -0.4 is 4.74 Å². The van der Waals surface area contributed by atoms with Gasteiger partial charge in [0, 0.05) is 5.56 Å². The molecule has 0 spiro atoms. The van der Waals surface area contributed by atoms with Gasteiger partial charge in [-0.05, 0) is 12.5 Å². The predicted molar refractivity (Wildman–Crippen MR) is 61.4 cm³/mol. The zero-order chi connectivity index (χ0) is 10.4. The second-order valence-corrected chi connectivity index (χ2v) is 3.74. The van der Waals surface area contributed by atoms with E-state index in [0.29, 0.717) is 17.5 Å². The van der Waals surface area contributed by atoms with E-state index in [4.69, 9.17) is 27.9 Å². The Kier molecular flexibility index (Phi) is 5.13. The fourth-order valence-corrected chi connectivity index (χ4v) is 1.60. The first-order valence-electron chi connectivity index (χ1n) is 4.75. The molecule has 0 amide bonds. The maximum Gasteiger partial charge on any atom is 0.142 e. The molecule has 0 fully saturated rings. The average Bonchev–Trinajstić information content (AvgIpc) is 2.20. The molecule has 0 radical (unpaired) electrons. The van der Waals surface area contributed by atoms with Gasteiger partial charge in [-0.25, -0.2) is 0 Å². The summed E-state index contributed by atoms with van der Waals surface area (Å²) < 4.78 is 5.58. The van der Waals surface area contributed by atoms with Crippen molar-refractivity contribution in [2.45, 2.75) is 25.6 Å². The molecule has 0 N–H and O–H groups in total. The largest absolute Gasteiger partial charge is 0.492 e. The van der Waals surface area contributed by atoms with Crippen molar-refractivity contribution in [3.05, 3.63) is 28.8 Å². The quantitative estimate of drug-likeness (QED) is 0.545. The lowest BCUT2D eigenvalue weighted by Gasteiger charge is -2.10. The Bertz CT molecular complexity index is 287. The van der Waals surface area contributed by atoms with Crippen LogP contribution in [-0.4, -0.2) is 6.61 Å². The molecule has 0 bridgehead atoms. The Morgan fingerprint density at radius 1 is 1.36 bits per heavy atom. The van der Waals surface area contributed by atoms with Crippen molar-refractivity contribution < 1.29 is 4.74 Å². The Morgan fingerprint density at radius 3 is 2.79 bits per heavy atom. The van der Waals surface area contributed by atoms with Gasteiger partial charge in [-0.3, -0.25) is 0 Å². The normalized spacial score (nSPS) is 10.2. The third kappa shape index (κ3) is 3.07. The summed E-state index contributed by atoms with van der Waals surface area (Å²) in [7, 11) is 0. The average molecular weight is 233 g/mol. The molecular weight excluding hydrogens is 219 g/mol. The second kappa shape index (κ2) is 6.15. The number of hydrogen-bond donors (Lipinski definition) is 0. The molecule has 0 atom stereocenters. The van der Waals surface area contributed by atoms with Gasteiger partial charge in [0.05, 0.1) is 17.5 Å². The highest BCUT2D eigenvalue weighted by Gasteiger charge is 2.06. The molecule has 0 saturated carbocycles. The lowest BCUT2D eigenvalue weighted by molar-refractivity contribution is 0.307. The van der Waals surface area contributed by atoms with E-state index in [9.17, 15) is 0 Å². The highest BCUT2D eigenvalue weighted by molar-refractivity contribution is 6.32. The molecule has 0 aliphatic rings. The highest BCUT2D eigenvalue weighted by atomic mass is 35.5. The zero-order valence-electron chi connectivity index (χ0n) is 8.22. The van der Waals surface area contributed by atoms with Gasteiger partial charge in [-0.1, -0.05) is 37.1 Å². The molecule has 0 aliphatic carbocycles. The lowest BCUT2D eigenvalue weighted by atomic mass is 10.2. The predicted octanol–water partition coefficient (Wildman–Crippen LogP) is 4.26. The fourth-order valence-electron chi connectivity index (χ4n) is 1.14. The molecule has 0 aromatic heterocycles. The number of unbranched alkanes of at least 4 members (excludes halogenated alkanes) is 1. The van der Waals surface area contributed by atoms with Crippen molar-refractivity contribution in [2.75, 3.05) is 6.61 Å². The highest BCUT2D eigenvalue weighted by Crippen LogP contribution is 2.29. The summed E-state index contributed by atoms with van der Waals surface area (Å²) in [5.41, 5.74) is 0.954. The van der Waals surface area contributed by atoms with E-state index in [1.807, 2.05) is 18.2 Å². The smallest absolute Gasteiger partial charge is 0.142 e. The monoisotopic (exact) mass is 232 g/mol. The number of alkyl halides is 1. The van der Waals surface area contributed by atoms with Gasteiger partial charge in [-0.15, -0.1) is 11.6 Å². The number of ether oxygens (including phenoxy) is 1. The van der Waals surface area contributed by atoms with Gasteiger partial charge in [0.25, 0.3) is 0 Å². The van der Waals surface area contributed by atoms with Crippen LogP contribution in [0.25, 0.3) is 0 Å². The molecule has 0 unspecified atom stereocenters. The van der Waals surface area contributed by atoms with Crippen molar-refractivity contribution in [3.63, 3.8) is 0 Å². The Morgan fingerprint density at radius 2 is 2.14 bits per heavy atom. The number of para-hydroxylation sites is 1. The lowest BCUT2D eigenvalue weighted by Crippen LogP contribution is -1.99. The van der Waals surface area contributed by atoms with E-state index in [0.717, 1.165) is 24.2 Å². The van der Waals surface area contributed by atoms with Gasteiger partial charge < -0.3 is 4.74 Å². The molecule has 78 valence electrons. The van der Waals surface area contributed by atoms with Crippen LogP contribution in [0.1, 0.15) is 25.3 Å². The number of rotatable bonds is 5. The third-order valence-electron chi connectivity index (χ3n) is 1.94. The third-order valence-corrected chi connectivity index (χ3v) is 2.52. The van der Waals surface area contributed by atoms with E-state index in [2.05, 4.69) is 6.92 Å². The van der Waals surface area contributed by atoms with Gasteiger partial charge in [0.1, 0.15) is 5.75 Å². The number of benzene rings is 1. The molecule has 0 aliphatic heterocycles. The fraction of sp³-hybridized carbons (Fsp3) is 0.455. The van der Waals surface area contributed by atoms with Crippen LogP contribution in [0.2, 0.25) is 5.02 Å². The number of hydrogen-bond acceptors (Lipinski definition) is 1. The van der Waals surface area contributed by atoms with Crippen LogP contribution in [0.3, 0.4) is 0 Å². The molecule has 14 heavy (non-hydrogen) atoms. The summed E-state index contributed by atoms with van der Waals surface area (Å²) in [6, 6.07) is 5.63. The van der Waals surface area contributed by atoms with E-state index in [1.165, 1.54) is 0 Å². The van der Waals surface area contributed by atoms with Crippen molar-refractivity contribution in [1.82, 2.24) is 0 Å². The van der Waals surface area contributed by atoms with Crippen molar-refractivity contribution >= 4 is 23.2 Å². The van der Waals surface area contributed by atoms with Crippen molar-refractivity contribution in [1.29, 1.82) is 0 Å².